The zero-order valence-electron chi connectivity index (χ0n) is 17.4. The Morgan fingerprint density at radius 2 is 1.74 bits per heavy atom. The van der Waals surface area contributed by atoms with Crippen molar-refractivity contribution >= 4 is 24.1 Å². The lowest BCUT2D eigenvalue weighted by molar-refractivity contribution is -0.145. The normalized spacial score (nSPS) is 12.3. The number of carbonyl (C=O) groups is 3. The summed E-state index contributed by atoms with van der Waals surface area (Å²) in [5.74, 6) is -2.64. The summed E-state index contributed by atoms with van der Waals surface area (Å²) in [7, 11) is 1.32. The van der Waals surface area contributed by atoms with Crippen molar-refractivity contribution in [3.05, 3.63) is 34.9 Å². The number of benzene rings is 1. The van der Waals surface area contributed by atoms with Crippen LogP contribution in [-0.2, 0) is 20.9 Å². The van der Waals surface area contributed by atoms with Crippen LogP contribution >= 0.6 is 0 Å². The van der Waals surface area contributed by atoms with Crippen LogP contribution in [0.4, 0.5) is 18.0 Å². The molecule has 0 saturated heterocycles. The summed E-state index contributed by atoms with van der Waals surface area (Å²) < 4.78 is 49.4. The lowest BCUT2D eigenvalue weighted by atomic mass is 10.0. The van der Waals surface area contributed by atoms with Crippen molar-refractivity contribution < 1.29 is 47.2 Å². The zero-order valence-corrected chi connectivity index (χ0v) is 17.4. The molecule has 0 radical (unpaired) electrons. The Labute approximate surface area is 176 Å². The zero-order chi connectivity index (χ0) is 24.0. The molecule has 0 aliphatic heterocycles. The topological polar surface area (TPSA) is 113 Å². The number of methoxy groups -OCH3 is 1. The highest BCUT2D eigenvalue weighted by Crippen LogP contribution is 2.26. The molecule has 0 fully saturated rings. The maximum atomic E-state index is 13.1. The van der Waals surface area contributed by atoms with E-state index >= 15 is 0 Å². The van der Waals surface area contributed by atoms with Crippen LogP contribution in [0.25, 0.3) is 6.08 Å². The van der Waals surface area contributed by atoms with Gasteiger partial charge in [-0.2, -0.15) is 13.2 Å². The van der Waals surface area contributed by atoms with Crippen molar-refractivity contribution in [1.82, 2.24) is 4.90 Å². The molecule has 0 spiro atoms. The maximum Gasteiger partial charge on any atom is 0.410 e. The number of carboxylic acid groups (broad SMARTS) is 2. The standard InChI is InChI=1S/C20H24F3NO7/c1-19(2,3)31-18(29)24(11-20(21,22)23)10-14-8-15(30-4)6-5-12(14)7-13(17(27)28)9-16(25)26/h5-8H,9-11H2,1-4H3,(H,25,26)(H,27,28)/b13-7-. The second kappa shape index (κ2) is 10.2. The van der Waals surface area contributed by atoms with Gasteiger partial charge in [0.15, 0.2) is 0 Å². The minimum absolute atomic E-state index is 0.110. The van der Waals surface area contributed by atoms with E-state index in [1.54, 1.807) is 0 Å². The van der Waals surface area contributed by atoms with Gasteiger partial charge in [0, 0.05) is 5.57 Å². The Bertz CT molecular complexity index is 857. The number of carbonyl (C=O) groups excluding carboxylic acids is 1. The third kappa shape index (κ3) is 9.41. The maximum absolute atomic E-state index is 13.1. The van der Waals surface area contributed by atoms with Gasteiger partial charge in [0.05, 0.1) is 20.1 Å². The Hall–Kier alpha value is -3.24. The molecule has 0 unspecified atom stereocenters. The number of hydrogen-bond donors (Lipinski definition) is 2. The smallest absolute Gasteiger partial charge is 0.410 e. The quantitative estimate of drug-likeness (QED) is 0.581. The first-order valence-electron chi connectivity index (χ1n) is 8.98. The molecule has 0 aliphatic rings. The second-order valence-electron chi connectivity index (χ2n) is 7.56. The Morgan fingerprint density at radius 3 is 2.19 bits per heavy atom. The number of nitrogens with zero attached hydrogens (tertiary/aromatic N) is 1. The molecule has 1 aromatic carbocycles. The van der Waals surface area contributed by atoms with Crippen LogP contribution in [0.1, 0.15) is 38.3 Å². The van der Waals surface area contributed by atoms with E-state index in [4.69, 9.17) is 14.6 Å². The van der Waals surface area contributed by atoms with E-state index in [9.17, 15) is 32.7 Å². The summed E-state index contributed by atoms with van der Waals surface area (Å²) in [4.78, 5) is 35.1. The van der Waals surface area contributed by atoms with Crippen LogP contribution in [0, 0.1) is 0 Å². The number of amides is 1. The first kappa shape index (κ1) is 25.8. The highest BCUT2D eigenvalue weighted by atomic mass is 19.4. The highest BCUT2D eigenvalue weighted by Gasteiger charge is 2.35. The first-order chi connectivity index (χ1) is 14.1. The van der Waals surface area contributed by atoms with E-state index in [0.29, 0.717) is 4.90 Å². The molecule has 1 rings (SSSR count). The van der Waals surface area contributed by atoms with Gasteiger partial charge >= 0.3 is 24.2 Å². The number of rotatable bonds is 8. The molecule has 0 saturated carbocycles. The van der Waals surface area contributed by atoms with E-state index < -0.39 is 54.9 Å². The van der Waals surface area contributed by atoms with E-state index in [2.05, 4.69) is 0 Å². The van der Waals surface area contributed by atoms with Gasteiger partial charge in [-0.25, -0.2) is 9.59 Å². The molecule has 0 atom stereocenters. The third-order valence-electron chi connectivity index (χ3n) is 3.68. The lowest BCUT2D eigenvalue weighted by Crippen LogP contribution is -2.41. The Morgan fingerprint density at radius 1 is 1.13 bits per heavy atom. The summed E-state index contributed by atoms with van der Waals surface area (Å²) in [6.45, 7) is 2.31. The molecule has 0 bridgehead atoms. The minimum atomic E-state index is -4.72. The van der Waals surface area contributed by atoms with Crippen LogP contribution < -0.4 is 4.74 Å². The second-order valence-corrected chi connectivity index (χ2v) is 7.56. The number of halogens is 3. The van der Waals surface area contributed by atoms with Crippen molar-refractivity contribution in [3.8, 4) is 5.75 Å². The molecule has 1 aromatic rings. The molecule has 2 N–H and O–H groups in total. The van der Waals surface area contributed by atoms with Crippen molar-refractivity contribution in [2.75, 3.05) is 13.7 Å². The van der Waals surface area contributed by atoms with Crippen LogP contribution in [0.15, 0.2) is 23.8 Å². The Kier molecular flexibility index (Phi) is 8.47. The van der Waals surface area contributed by atoms with Gasteiger partial charge in [0.2, 0.25) is 0 Å². The van der Waals surface area contributed by atoms with Gasteiger partial charge in [-0.05, 0) is 50.1 Å². The van der Waals surface area contributed by atoms with Gasteiger partial charge < -0.3 is 19.7 Å². The summed E-state index contributed by atoms with van der Waals surface area (Å²) >= 11 is 0. The molecular formula is C20H24F3NO7. The summed E-state index contributed by atoms with van der Waals surface area (Å²) in [5.41, 5.74) is -1.30. The highest BCUT2D eigenvalue weighted by molar-refractivity contribution is 5.97. The van der Waals surface area contributed by atoms with Crippen LogP contribution in [0.2, 0.25) is 0 Å². The van der Waals surface area contributed by atoms with Gasteiger partial charge in [0.1, 0.15) is 17.9 Å². The van der Waals surface area contributed by atoms with Gasteiger partial charge in [-0.3, -0.25) is 9.69 Å². The molecule has 1 amide bonds. The molecule has 0 heterocycles. The fourth-order valence-electron chi connectivity index (χ4n) is 2.46. The van der Waals surface area contributed by atoms with Gasteiger partial charge in [0.25, 0.3) is 0 Å². The van der Waals surface area contributed by atoms with E-state index in [1.165, 1.54) is 46.1 Å². The number of hydrogen-bond acceptors (Lipinski definition) is 5. The van der Waals surface area contributed by atoms with E-state index in [1.807, 2.05) is 0 Å². The average Bonchev–Trinajstić information content (AvgIpc) is 2.58. The van der Waals surface area contributed by atoms with Gasteiger partial charge in [-0.15, -0.1) is 0 Å². The number of carboxylic acids is 2. The summed E-state index contributed by atoms with van der Waals surface area (Å²) in [6.07, 6.45) is -5.71. The molecule has 31 heavy (non-hydrogen) atoms. The lowest BCUT2D eigenvalue weighted by Gasteiger charge is -2.28. The van der Waals surface area contributed by atoms with Crippen molar-refractivity contribution in [2.45, 2.75) is 45.5 Å². The molecular weight excluding hydrogens is 423 g/mol. The Balaban J connectivity index is 3.45. The van der Waals surface area contributed by atoms with Crippen LogP contribution in [0.5, 0.6) is 5.75 Å². The monoisotopic (exact) mass is 447 g/mol. The van der Waals surface area contributed by atoms with E-state index in [0.717, 1.165) is 6.08 Å². The third-order valence-corrected chi connectivity index (χ3v) is 3.68. The number of ether oxygens (including phenoxy) is 2. The first-order valence-corrected chi connectivity index (χ1v) is 8.98. The fraction of sp³-hybridized carbons (Fsp3) is 0.450. The molecule has 172 valence electrons. The van der Waals surface area contributed by atoms with Gasteiger partial charge in [-0.1, -0.05) is 6.07 Å². The van der Waals surface area contributed by atoms with Crippen LogP contribution in [-0.4, -0.2) is 58.6 Å². The van der Waals surface area contributed by atoms with Crippen molar-refractivity contribution in [2.24, 2.45) is 0 Å². The van der Waals surface area contributed by atoms with Crippen LogP contribution in [0.3, 0.4) is 0 Å². The van der Waals surface area contributed by atoms with E-state index in [-0.39, 0.29) is 16.9 Å². The average molecular weight is 447 g/mol. The predicted octanol–water partition coefficient (Wildman–Crippen LogP) is 3.94. The molecule has 11 heteroatoms. The fourth-order valence-corrected chi connectivity index (χ4v) is 2.46. The number of aliphatic carboxylic acids is 2. The summed E-state index contributed by atoms with van der Waals surface area (Å²) in [5, 5.41) is 18.1. The SMILES string of the molecule is COc1ccc(/C=C(/CC(=O)O)C(=O)O)c(CN(CC(F)(F)F)C(=O)OC(C)(C)C)c1. The summed E-state index contributed by atoms with van der Waals surface area (Å²) in [6, 6.07) is 4.12. The molecule has 8 nitrogen and oxygen atoms in total. The van der Waals surface area contributed by atoms with Crippen molar-refractivity contribution in [1.29, 1.82) is 0 Å². The minimum Gasteiger partial charge on any atom is -0.497 e. The van der Waals surface area contributed by atoms with Crippen molar-refractivity contribution in [3.63, 3.8) is 0 Å². The number of alkyl halides is 3. The molecule has 0 aliphatic carbocycles. The predicted molar refractivity (Wildman–Crippen MR) is 104 cm³/mol. The largest absolute Gasteiger partial charge is 0.497 e. The molecule has 0 aromatic heterocycles.